The second kappa shape index (κ2) is 10.5. The van der Waals surface area contributed by atoms with Crippen molar-refractivity contribution in [1.29, 1.82) is 0 Å². The Bertz CT molecular complexity index is 434. The molecule has 1 rings (SSSR count). The average molecular weight is 294 g/mol. The SMILES string of the molecule is CC(C)CCCCCCCCCCc1cc(O)cc(=O)o1. The minimum absolute atomic E-state index is 0.00245. The van der Waals surface area contributed by atoms with Gasteiger partial charge < -0.3 is 9.52 Å². The Hall–Kier alpha value is -1.25. The lowest BCUT2D eigenvalue weighted by molar-refractivity contribution is 0.417. The summed E-state index contributed by atoms with van der Waals surface area (Å²) in [7, 11) is 0. The van der Waals surface area contributed by atoms with Crippen molar-refractivity contribution in [3.63, 3.8) is 0 Å². The highest BCUT2D eigenvalue weighted by Gasteiger charge is 2.01. The van der Waals surface area contributed by atoms with Crippen molar-refractivity contribution in [2.75, 3.05) is 0 Å². The summed E-state index contributed by atoms with van der Waals surface area (Å²) < 4.78 is 5.03. The van der Waals surface area contributed by atoms with Gasteiger partial charge >= 0.3 is 5.63 Å². The molecule has 1 aromatic rings. The average Bonchev–Trinajstić information content (AvgIpc) is 2.39. The van der Waals surface area contributed by atoms with Crippen molar-refractivity contribution in [1.82, 2.24) is 0 Å². The van der Waals surface area contributed by atoms with E-state index >= 15 is 0 Å². The standard InChI is InChI=1S/C18H30O3/c1-15(2)11-9-7-5-3-4-6-8-10-12-17-13-16(19)14-18(20)21-17/h13-15,19H,3-12H2,1-2H3. The van der Waals surface area contributed by atoms with Crippen molar-refractivity contribution in [2.24, 2.45) is 5.92 Å². The molecule has 0 amide bonds. The topological polar surface area (TPSA) is 50.4 Å². The summed E-state index contributed by atoms with van der Waals surface area (Å²) in [6, 6.07) is 2.64. The fourth-order valence-electron chi connectivity index (χ4n) is 2.55. The Morgan fingerprint density at radius 1 is 0.952 bits per heavy atom. The Morgan fingerprint density at radius 2 is 1.52 bits per heavy atom. The van der Waals surface area contributed by atoms with Crippen molar-refractivity contribution in [3.8, 4) is 5.75 Å². The molecule has 1 N–H and O–H groups in total. The first kappa shape index (κ1) is 17.8. The lowest BCUT2D eigenvalue weighted by Crippen LogP contribution is -1.98. The number of hydrogen-bond donors (Lipinski definition) is 1. The van der Waals surface area contributed by atoms with Gasteiger partial charge in [-0.1, -0.05) is 65.2 Å². The van der Waals surface area contributed by atoms with Gasteiger partial charge in [0, 0.05) is 12.5 Å². The molecule has 3 heteroatoms. The second-order valence-corrected chi connectivity index (χ2v) is 6.36. The van der Waals surface area contributed by atoms with Crippen molar-refractivity contribution < 1.29 is 9.52 Å². The van der Waals surface area contributed by atoms with Gasteiger partial charge in [0.2, 0.25) is 0 Å². The van der Waals surface area contributed by atoms with Gasteiger partial charge in [0.1, 0.15) is 11.5 Å². The van der Waals surface area contributed by atoms with Gasteiger partial charge in [-0.05, 0) is 12.3 Å². The summed E-state index contributed by atoms with van der Waals surface area (Å²) in [5.41, 5.74) is -0.466. The molecule has 0 saturated heterocycles. The van der Waals surface area contributed by atoms with Crippen LogP contribution in [-0.2, 0) is 6.42 Å². The molecule has 120 valence electrons. The van der Waals surface area contributed by atoms with Crippen LogP contribution < -0.4 is 5.63 Å². The Labute approximate surface area is 128 Å². The molecule has 0 aliphatic carbocycles. The second-order valence-electron chi connectivity index (χ2n) is 6.36. The molecule has 0 aliphatic heterocycles. The van der Waals surface area contributed by atoms with Crippen LogP contribution in [0.3, 0.4) is 0 Å². The summed E-state index contributed by atoms with van der Waals surface area (Å²) in [6.45, 7) is 4.57. The first-order valence-corrected chi connectivity index (χ1v) is 8.41. The normalized spacial score (nSPS) is 11.2. The third-order valence-corrected chi connectivity index (χ3v) is 3.76. The highest BCUT2D eigenvalue weighted by Crippen LogP contribution is 2.14. The van der Waals surface area contributed by atoms with Crippen molar-refractivity contribution in [3.05, 3.63) is 28.3 Å². The molecule has 0 aliphatic rings. The van der Waals surface area contributed by atoms with Gasteiger partial charge in [-0.15, -0.1) is 0 Å². The summed E-state index contributed by atoms with van der Waals surface area (Å²) in [4.78, 5) is 11.1. The number of aromatic hydroxyl groups is 1. The van der Waals surface area contributed by atoms with Crippen LogP contribution in [-0.4, -0.2) is 5.11 Å². The lowest BCUT2D eigenvalue weighted by Gasteiger charge is -2.04. The van der Waals surface area contributed by atoms with E-state index in [-0.39, 0.29) is 5.75 Å². The highest BCUT2D eigenvalue weighted by atomic mass is 16.4. The maximum Gasteiger partial charge on any atom is 0.339 e. The van der Waals surface area contributed by atoms with E-state index in [1.54, 1.807) is 0 Å². The van der Waals surface area contributed by atoms with E-state index in [1.165, 1.54) is 51.0 Å². The van der Waals surface area contributed by atoms with E-state index in [4.69, 9.17) is 4.42 Å². The molecule has 1 heterocycles. The zero-order valence-electron chi connectivity index (χ0n) is 13.6. The van der Waals surface area contributed by atoms with Crippen LogP contribution in [0.15, 0.2) is 21.3 Å². The van der Waals surface area contributed by atoms with Gasteiger partial charge in [0.25, 0.3) is 0 Å². The number of unbranched alkanes of at least 4 members (excludes halogenated alkanes) is 7. The van der Waals surface area contributed by atoms with E-state index in [1.807, 2.05) is 0 Å². The molecule has 21 heavy (non-hydrogen) atoms. The van der Waals surface area contributed by atoms with Gasteiger partial charge in [-0.3, -0.25) is 0 Å². The lowest BCUT2D eigenvalue weighted by atomic mass is 10.0. The fraction of sp³-hybridized carbons (Fsp3) is 0.722. The minimum atomic E-state index is -0.466. The molecular weight excluding hydrogens is 264 g/mol. The Morgan fingerprint density at radius 3 is 2.10 bits per heavy atom. The molecule has 0 spiro atoms. The van der Waals surface area contributed by atoms with Crippen LogP contribution in [0.25, 0.3) is 0 Å². The number of hydrogen-bond acceptors (Lipinski definition) is 3. The molecule has 0 atom stereocenters. The molecular formula is C18H30O3. The third-order valence-electron chi connectivity index (χ3n) is 3.76. The van der Waals surface area contributed by atoms with E-state index < -0.39 is 5.63 Å². The summed E-state index contributed by atoms with van der Waals surface area (Å²) >= 11 is 0. The van der Waals surface area contributed by atoms with Crippen LogP contribution in [0.2, 0.25) is 0 Å². The zero-order valence-corrected chi connectivity index (χ0v) is 13.6. The predicted octanol–water partition coefficient (Wildman–Crippen LogP) is 5.05. The Balaban J connectivity index is 1.96. The van der Waals surface area contributed by atoms with Gasteiger partial charge in [0.05, 0.1) is 6.07 Å². The van der Waals surface area contributed by atoms with Crippen LogP contribution in [0.1, 0.15) is 77.4 Å². The Kier molecular flexibility index (Phi) is 8.88. The highest BCUT2D eigenvalue weighted by molar-refractivity contribution is 5.18. The number of aryl methyl sites for hydroxylation is 1. The monoisotopic (exact) mass is 294 g/mol. The van der Waals surface area contributed by atoms with Crippen LogP contribution in [0.4, 0.5) is 0 Å². The molecule has 0 unspecified atom stereocenters. The zero-order chi connectivity index (χ0) is 15.5. The van der Waals surface area contributed by atoms with Crippen molar-refractivity contribution in [2.45, 2.75) is 78.1 Å². The van der Waals surface area contributed by atoms with Gasteiger partial charge in [-0.2, -0.15) is 0 Å². The molecule has 0 saturated carbocycles. The van der Waals surface area contributed by atoms with Crippen molar-refractivity contribution >= 4 is 0 Å². The van der Waals surface area contributed by atoms with E-state index in [0.29, 0.717) is 5.76 Å². The van der Waals surface area contributed by atoms with Gasteiger partial charge in [-0.25, -0.2) is 4.79 Å². The number of rotatable bonds is 11. The van der Waals surface area contributed by atoms with Crippen LogP contribution in [0, 0.1) is 5.92 Å². The largest absolute Gasteiger partial charge is 0.508 e. The molecule has 1 aromatic heterocycles. The maximum atomic E-state index is 11.1. The van der Waals surface area contributed by atoms with E-state index in [0.717, 1.165) is 31.2 Å². The molecule has 0 fully saturated rings. The van der Waals surface area contributed by atoms with Crippen LogP contribution in [0.5, 0.6) is 5.75 Å². The third kappa shape index (κ3) is 9.33. The van der Waals surface area contributed by atoms with Gasteiger partial charge in [0.15, 0.2) is 0 Å². The molecule has 3 nitrogen and oxygen atoms in total. The molecule has 0 bridgehead atoms. The summed E-state index contributed by atoms with van der Waals surface area (Å²) in [6.07, 6.45) is 12.2. The van der Waals surface area contributed by atoms with E-state index in [2.05, 4.69) is 13.8 Å². The first-order valence-electron chi connectivity index (χ1n) is 8.41. The minimum Gasteiger partial charge on any atom is -0.508 e. The summed E-state index contributed by atoms with van der Waals surface area (Å²) in [5, 5.41) is 9.31. The van der Waals surface area contributed by atoms with E-state index in [9.17, 15) is 9.90 Å². The quantitative estimate of drug-likeness (QED) is 0.581. The molecule has 0 aromatic carbocycles. The molecule has 0 radical (unpaired) electrons. The predicted molar refractivity (Wildman–Crippen MR) is 86.7 cm³/mol. The maximum absolute atomic E-state index is 11.1. The summed E-state index contributed by atoms with van der Waals surface area (Å²) in [5.74, 6) is 1.43. The first-order chi connectivity index (χ1) is 10.1. The van der Waals surface area contributed by atoms with Crippen LogP contribution >= 0.6 is 0 Å². The fourth-order valence-corrected chi connectivity index (χ4v) is 2.55. The smallest absolute Gasteiger partial charge is 0.339 e.